The van der Waals surface area contributed by atoms with E-state index in [1.807, 2.05) is 12.3 Å². The lowest BCUT2D eigenvalue weighted by molar-refractivity contribution is -0.156. The van der Waals surface area contributed by atoms with Gasteiger partial charge in [0.25, 0.3) is 5.91 Å². The number of piperidine rings is 1. The van der Waals surface area contributed by atoms with E-state index in [-0.39, 0.29) is 42.3 Å². The summed E-state index contributed by atoms with van der Waals surface area (Å²) < 4.78 is 26.5. The number of ether oxygens (including phenoxy) is 4. The SMILES string of the molecule is CCO[C@@H]1c2nc(cs2)-c2ccc3c(c2)c(c(-c2cc(C4CCN(C5COC5)CC4)cnc2[C@H](C)OC)n3CC)CC(C)(C)COC(=O)[C@@H]2CCCN(N2)C(=O)[C@H]1NC(=O)C1[C@@H](C)[C@H]1C. The van der Waals surface area contributed by atoms with Crippen LogP contribution >= 0.6 is 11.3 Å². The molecule has 3 aromatic heterocycles. The Bertz CT molecular complexity index is 2390. The van der Waals surface area contributed by atoms with Crippen LogP contribution in [0, 0.1) is 23.2 Å². The number of cyclic esters (lactones) is 1. The number of methoxy groups -OCH3 is 1. The molecular weight excluding hydrogens is 843 g/mol. The number of hydrogen-bond acceptors (Lipinski definition) is 12. The maximum Gasteiger partial charge on any atom is 0.324 e. The molecule has 1 aromatic carbocycles. The predicted octanol–water partition coefficient (Wildman–Crippen LogP) is 7.22. The van der Waals surface area contributed by atoms with E-state index in [0.29, 0.717) is 55.9 Å². The highest BCUT2D eigenvalue weighted by Gasteiger charge is 2.50. The molecule has 1 unspecified atom stereocenters. The maximum atomic E-state index is 14.6. The Morgan fingerprint density at radius 1 is 1.08 bits per heavy atom. The van der Waals surface area contributed by atoms with E-state index >= 15 is 0 Å². The van der Waals surface area contributed by atoms with E-state index in [0.717, 1.165) is 83.8 Å². The van der Waals surface area contributed by atoms with E-state index in [4.69, 9.17) is 28.9 Å². The Balaban J connectivity index is 1.17. The first-order valence-electron chi connectivity index (χ1n) is 23.9. The number of aromatic nitrogens is 3. The average molecular weight is 910 g/mol. The van der Waals surface area contributed by atoms with Gasteiger partial charge in [-0.25, -0.2) is 10.4 Å². The zero-order valence-corrected chi connectivity index (χ0v) is 40.2. The first-order valence-corrected chi connectivity index (χ1v) is 24.8. The van der Waals surface area contributed by atoms with Crippen LogP contribution in [0.1, 0.15) is 114 Å². The summed E-state index contributed by atoms with van der Waals surface area (Å²) in [5.74, 6) is -0.336. The second-order valence-corrected chi connectivity index (χ2v) is 20.7. The summed E-state index contributed by atoms with van der Waals surface area (Å²) in [6, 6.07) is 7.64. The largest absolute Gasteiger partial charge is 0.464 e. The fourth-order valence-electron chi connectivity index (χ4n) is 10.6. The smallest absolute Gasteiger partial charge is 0.324 e. The molecule has 350 valence electrons. The zero-order valence-electron chi connectivity index (χ0n) is 39.4. The van der Waals surface area contributed by atoms with Crippen molar-refractivity contribution in [3.05, 3.63) is 57.7 Å². The molecule has 0 radical (unpaired) electrons. The molecule has 2 N–H and O–H groups in total. The van der Waals surface area contributed by atoms with Gasteiger partial charge >= 0.3 is 5.97 Å². The second-order valence-electron chi connectivity index (χ2n) is 19.8. The fraction of sp³-hybridized carbons (Fsp3) is 0.620. The number of thiazole rings is 1. The quantitative estimate of drug-likeness (QED) is 0.156. The van der Waals surface area contributed by atoms with Gasteiger partial charge in [-0.2, -0.15) is 0 Å². The summed E-state index contributed by atoms with van der Waals surface area (Å²) in [6.45, 7) is 19.8. The van der Waals surface area contributed by atoms with Crippen molar-refractivity contribution in [2.45, 2.75) is 123 Å². The highest BCUT2D eigenvalue weighted by molar-refractivity contribution is 7.10. The average Bonchev–Trinajstić information content (AvgIpc) is 3.57. The lowest BCUT2D eigenvalue weighted by atomic mass is 9.83. The van der Waals surface area contributed by atoms with Gasteiger partial charge in [0.1, 0.15) is 23.2 Å². The Kier molecular flexibility index (Phi) is 13.3. The molecular formula is C50H67N7O7S. The Hall–Kier alpha value is -4.25. The van der Waals surface area contributed by atoms with Gasteiger partial charge in [0, 0.05) is 71.7 Å². The van der Waals surface area contributed by atoms with E-state index in [1.165, 1.54) is 21.9 Å². The van der Waals surface area contributed by atoms with E-state index in [1.54, 1.807) is 7.11 Å². The molecule has 3 saturated heterocycles. The molecule has 2 amide bonds. The Labute approximate surface area is 387 Å². The van der Waals surface area contributed by atoms with Gasteiger partial charge in [-0.1, -0.05) is 33.8 Å². The molecule has 4 aromatic rings. The number of pyridine rings is 1. The molecule has 7 atom stereocenters. The van der Waals surface area contributed by atoms with Gasteiger partial charge in [0.15, 0.2) is 0 Å². The molecule has 14 nitrogen and oxygen atoms in total. The van der Waals surface area contributed by atoms with Gasteiger partial charge < -0.3 is 28.8 Å². The van der Waals surface area contributed by atoms with Crippen molar-refractivity contribution in [3.63, 3.8) is 0 Å². The summed E-state index contributed by atoms with van der Waals surface area (Å²) in [6.07, 6.45) is 4.78. The summed E-state index contributed by atoms with van der Waals surface area (Å²) in [5, 5.41) is 8.28. The van der Waals surface area contributed by atoms with Crippen LogP contribution in [-0.4, -0.2) is 114 Å². The van der Waals surface area contributed by atoms with Crippen molar-refractivity contribution in [2.75, 3.05) is 53.2 Å². The van der Waals surface area contributed by atoms with Crippen LogP contribution < -0.4 is 10.7 Å². The maximum absolute atomic E-state index is 14.6. The number of rotatable bonds is 10. The highest BCUT2D eigenvalue weighted by atomic mass is 32.1. The van der Waals surface area contributed by atoms with Gasteiger partial charge in [-0.15, -0.1) is 11.3 Å². The van der Waals surface area contributed by atoms with Crippen LogP contribution in [0.3, 0.4) is 0 Å². The lowest BCUT2D eigenvalue weighted by Gasteiger charge is -2.41. The molecule has 4 fully saturated rings. The predicted molar refractivity (Wildman–Crippen MR) is 250 cm³/mol. The van der Waals surface area contributed by atoms with Gasteiger partial charge in [-0.05, 0) is 113 Å². The number of aryl methyl sites for hydroxylation is 1. The number of nitrogens with one attached hydrogen (secondary N) is 2. The molecule has 15 heteroatoms. The number of nitrogens with zero attached hydrogens (tertiary/aromatic N) is 5. The van der Waals surface area contributed by atoms with Crippen molar-refractivity contribution in [1.29, 1.82) is 0 Å². The zero-order chi connectivity index (χ0) is 45.7. The first-order chi connectivity index (χ1) is 31.3. The number of carbonyl (C=O) groups is 3. The van der Waals surface area contributed by atoms with Crippen molar-refractivity contribution in [2.24, 2.45) is 23.2 Å². The molecule has 4 aliphatic heterocycles. The van der Waals surface area contributed by atoms with Crippen molar-refractivity contribution in [3.8, 4) is 22.5 Å². The number of likely N-dealkylation sites (tertiary alicyclic amines) is 1. The number of esters is 1. The van der Waals surface area contributed by atoms with E-state index in [9.17, 15) is 14.4 Å². The minimum Gasteiger partial charge on any atom is -0.464 e. The Morgan fingerprint density at radius 2 is 1.85 bits per heavy atom. The molecule has 1 saturated carbocycles. The number of hydrogen-bond donors (Lipinski definition) is 2. The van der Waals surface area contributed by atoms with Crippen molar-refractivity contribution < 1.29 is 33.3 Å². The van der Waals surface area contributed by atoms with Gasteiger partial charge in [0.05, 0.1) is 49.0 Å². The monoisotopic (exact) mass is 909 g/mol. The van der Waals surface area contributed by atoms with Crippen LogP contribution in [0.5, 0.6) is 0 Å². The number of benzene rings is 1. The number of fused-ring (bicyclic) bond motifs is 6. The number of amides is 2. The van der Waals surface area contributed by atoms with E-state index < -0.39 is 29.6 Å². The van der Waals surface area contributed by atoms with Gasteiger partial charge in [0.2, 0.25) is 5.91 Å². The van der Waals surface area contributed by atoms with Crippen LogP contribution in [0.4, 0.5) is 0 Å². The second kappa shape index (κ2) is 18.8. The number of carbonyl (C=O) groups excluding carboxylic acids is 3. The lowest BCUT2D eigenvalue weighted by Crippen LogP contribution is -2.61. The summed E-state index contributed by atoms with van der Waals surface area (Å²) >= 11 is 1.42. The molecule has 5 aliphatic rings. The Morgan fingerprint density at radius 3 is 2.52 bits per heavy atom. The third-order valence-electron chi connectivity index (χ3n) is 15.0. The van der Waals surface area contributed by atoms with Gasteiger partial charge in [-0.3, -0.25) is 29.3 Å². The molecule has 9 rings (SSSR count). The highest BCUT2D eigenvalue weighted by Crippen LogP contribution is 2.46. The van der Waals surface area contributed by atoms with Crippen LogP contribution in [0.2, 0.25) is 0 Å². The summed E-state index contributed by atoms with van der Waals surface area (Å²) in [5.41, 5.74) is 10.9. The molecule has 65 heavy (non-hydrogen) atoms. The summed E-state index contributed by atoms with van der Waals surface area (Å²) in [4.78, 5) is 55.4. The standard InChI is InChI=1S/C50H67N7O7S/c1-9-56-40-14-13-32-20-35(40)37(44(56)36-21-33(23-51-42(36)30(5)61-8)31-15-18-55(19-16-31)34-24-62-25-34)22-50(6,7)27-64-49(60)38-12-11-17-57(54-38)48(59)43(53-46(58)41-28(3)29(41)4)45(63-10-2)47-52-39(32)26-65-47/h13-14,20-21,23,26,28-31,34,38,41,43,45,54H,9-12,15-19,22,24-25,27H2,1-8H3,(H,53,58)/t28-,29+,30-,38-,41?,43-,45-/m0/s1. The molecule has 1 aliphatic carbocycles. The summed E-state index contributed by atoms with van der Waals surface area (Å²) in [7, 11) is 1.74. The fourth-order valence-corrected chi connectivity index (χ4v) is 11.6. The van der Waals surface area contributed by atoms with Crippen molar-refractivity contribution >= 4 is 40.0 Å². The third kappa shape index (κ3) is 9.01. The normalized spacial score (nSPS) is 27.2. The molecule has 6 bridgehead atoms. The number of hydrazine groups is 1. The first kappa shape index (κ1) is 45.9. The van der Waals surface area contributed by atoms with E-state index in [2.05, 4.69) is 92.2 Å². The third-order valence-corrected chi connectivity index (χ3v) is 15.9. The molecule has 7 heterocycles. The van der Waals surface area contributed by atoms with Crippen LogP contribution in [0.15, 0.2) is 35.8 Å². The topological polar surface area (TPSA) is 149 Å². The van der Waals surface area contributed by atoms with Crippen LogP contribution in [-0.2, 0) is 46.3 Å². The van der Waals surface area contributed by atoms with Crippen LogP contribution in [0.25, 0.3) is 33.4 Å². The minimum atomic E-state index is -1.07. The van der Waals surface area contributed by atoms with Crippen molar-refractivity contribution in [1.82, 2.24) is 35.2 Å². The molecule has 0 spiro atoms. The minimum absolute atomic E-state index is 0.165.